The van der Waals surface area contributed by atoms with Crippen molar-refractivity contribution in [3.05, 3.63) is 29.3 Å². The van der Waals surface area contributed by atoms with Gasteiger partial charge in [0, 0.05) is 18.6 Å². The number of nitrogens with one attached hydrogen (secondary N) is 2. The van der Waals surface area contributed by atoms with Crippen LogP contribution in [0.25, 0.3) is 0 Å². The highest BCUT2D eigenvalue weighted by Gasteiger charge is 2.05. The van der Waals surface area contributed by atoms with Crippen LogP contribution >= 0.6 is 23.4 Å². The number of rotatable bonds is 8. The summed E-state index contributed by atoms with van der Waals surface area (Å²) in [7, 11) is 1.77. The Bertz CT molecular complexity index is 425. The summed E-state index contributed by atoms with van der Waals surface area (Å²) < 4.78 is 5.80. The molecule has 0 amide bonds. The fraction of sp³-hybridized carbons (Fsp3) is 0.533. The zero-order valence-electron chi connectivity index (χ0n) is 12.9. The van der Waals surface area contributed by atoms with Crippen molar-refractivity contribution in [2.24, 2.45) is 4.99 Å². The van der Waals surface area contributed by atoms with Crippen LogP contribution in [0.5, 0.6) is 5.75 Å². The molecule has 0 heterocycles. The molecule has 1 aromatic carbocycles. The van der Waals surface area contributed by atoms with Gasteiger partial charge in [0.25, 0.3) is 0 Å². The van der Waals surface area contributed by atoms with Gasteiger partial charge in [-0.15, -0.1) is 0 Å². The molecular formula is C15H24ClN3OS. The zero-order chi connectivity index (χ0) is 15.5. The van der Waals surface area contributed by atoms with Crippen LogP contribution in [0.2, 0.25) is 5.02 Å². The molecular weight excluding hydrogens is 306 g/mol. The minimum Gasteiger partial charge on any atom is -0.489 e. The highest BCUT2D eigenvalue weighted by atomic mass is 35.5. The van der Waals surface area contributed by atoms with Gasteiger partial charge in [-0.05, 0) is 49.6 Å². The normalized spacial score (nSPS) is 12.9. The summed E-state index contributed by atoms with van der Waals surface area (Å²) in [5.41, 5.74) is 0. The largest absolute Gasteiger partial charge is 0.489 e. The summed E-state index contributed by atoms with van der Waals surface area (Å²) in [5, 5.41) is 7.25. The molecule has 0 radical (unpaired) electrons. The lowest BCUT2D eigenvalue weighted by molar-refractivity contribution is 0.224. The summed E-state index contributed by atoms with van der Waals surface area (Å²) in [6.45, 7) is 3.63. The van der Waals surface area contributed by atoms with Gasteiger partial charge >= 0.3 is 0 Å². The van der Waals surface area contributed by atoms with Crippen molar-refractivity contribution in [3.63, 3.8) is 0 Å². The summed E-state index contributed by atoms with van der Waals surface area (Å²) in [4.78, 5) is 4.19. The molecule has 118 valence electrons. The van der Waals surface area contributed by atoms with Crippen molar-refractivity contribution < 1.29 is 4.74 Å². The molecule has 0 aliphatic rings. The number of halogens is 1. The zero-order valence-corrected chi connectivity index (χ0v) is 14.4. The molecule has 0 bridgehead atoms. The smallest absolute Gasteiger partial charge is 0.191 e. The van der Waals surface area contributed by atoms with E-state index in [-0.39, 0.29) is 6.10 Å². The summed E-state index contributed by atoms with van der Waals surface area (Å²) in [6, 6.07) is 7.38. The van der Waals surface area contributed by atoms with E-state index >= 15 is 0 Å². The van der Waals surface area contributed by atoms with Crippen LogP contribution in [0.1, 0.15) is 13.3 Å². The highest BCUT2D eigenvalue weighted by molar-refractivity contribution is 7.98. The fourth-order valence-corrected chi connectivity index (χ4v) is 2.23. The molecule has 6 heteroatoms. The van der Waals surface area contributed by atoms with Gasteiger partial charge in [-0.1, -0.05) is 11.6 Å². The molecule has 2 N–H and O–H groups in total. The molecule has 21 heavy (non-hydrogen) atoms. The molecule has 0 aromatic heterocycles. The molecule has 0 spiro atoms. The van der Waals surface area contributed by atoms with Crippen molar-refractivity contribution >= 4 is 29.3 Å². The molecule has 0 saturated heterocycles. The third kappa shape index (κ3) is 8.07. The Morgan fingerprint density at radius 3 is 2.67 bits per heavy atom. The van der Waals surface area contributed by atoms with Gasteiger partial charge in [0.15, 0.2) is 5.96 Å². The second-order valence-corrected chi connectivity index (χ2v) is 6.03. The molecule has 1 unspecified atom stereocenters. The number of thioether (sulfide) groups is 1. The highest BCUT2D eigenvalue weighted by Crippen LogP contribution is 2.16. The van der Waals surface area contributed by atoms with Crippen LogP contribution in [-0.2, 0) is 0 Å². The van der Waals surface area contributed by atoms with Gasteiger partial charge in [-0.2, -0.15) is 11.8 Å². The van der Waals surface area contributed by atoms with E-state index in [9.17, 15) is 0 Å². The Hall–Kier alpha value is -1.07. The molecule has 0 saturated carbocycles. The Kier molecular flexibility index (Phi) is 9.10. The minimum absolute atomic E-state index is 0.0379. The average molecular weight is 330 g/mol. The van der Waals surface area contributed by atoms with E-state index in [1.165, 1.54) is 0 Å². The monoisotopic (exact) mass is 329 g/mol. The fourth-order valence-electron chi connectivity index (χ4n) is 1.67. The van der Waals surface area contributed by atoms with Crippen LogP contribution in [-0.4, -0.2) is 44.2 Å². The Morgan fingerprint density at radius 2 is 2.05 bits per heavy atom. The number of ether oxygens (including phenoxy) is 1. The van der Waals surface area contributed by atoms with Gasteiger partial charge in [-0.3, -0.25) is 4.99 Å². The number of benzene rings is 1. The van der Waals surface area contributed by atoms with Crippen molar-refractivity contribution in [2.45, 2.75) is 19.4 Å². The van der Waals surface area contributed by atoms with Gasteiger partial charge in [-0.25, -0.2) is 0 Å². The molecule has 1 rings (SSSR count). The van der Waals surface area contributed by atoms with Crippen molar-refractivity contribution in [1.82, 2.24) is 10.6 Å². The summed E-state index contributed by atoms with van der Waals surface area (Å²) >= 11 is 7.70. The quantitative estimate of drug-likeness (QED) is 0.437. The van der Waals surface area contributed by atoms with Gasteiger partial charge in [0.05, 0.1) is 6.54 Å². The first kappa shape index (κ1) is 18.0. The predicted molar refractivity (Wildman–Crippen MR) is 93.9 cm³/mol. The number of hydrogen-bond donors (Lipinski definition) is 2. The topological polar surface area (TPSA) is 45.7 Å². The van der Waals surface area contributed by atoms with Crippen LogP contribution in [0.3, 0.4) is 0 Å². The van der Waals surface area contributed by atoms with Gasteiger partial charge in [0.2, 0.25) is 0 Å². The van der Waals surface area contributed by atoms with Crippen LogP contribution < -0.4 is 15.4 Å². The second kappa shape index (κ2) is 10.6. The number of aliphatic imine (C=N–C) groups is 1. The van der Waals surface area contributed by atoms with E-state index in [1.54, 1.807) is 7.05 Å². The van der Waals surface area contributed by atoms with Gasteiger partial charge < -0.3 is 15.4 Å². The number of hydrogen-bond acceptors (Lipinski definition) is 3. The maximum absolute atomic E-state index is 5.85. The van der Waals surface area contributed by atoms with E-state index in [4.69, 9.17) is 16.3 Å². The molecule has 0 aliphatic heterocycles. The predicted octanol–water partition coefficient (Wildman–Crippen LogP) is 3.03. The van der Waals surface area contributed by atoms with Crippen LogP contribution in [0, 0.1) is 0 Å². The lowest BCUT2D eigenvalue weighted by Crippen LogP contribution is -2.42. The SMILES string of the molecule is CN=C(NCCCSC)NCC(C)Oc1ccc(Cl)cc1. The average Bonchev–Trinajstić information content (AvgIpc) is 2.49. The van der Waals surface area contributed by atoms with E-state index in [0.717, 1.165) is 30.4 Å². The molecule has 0 aliphatic carbocycles. The first-order valence-corrected chi connectivity index (χ1v) is 8.78. The molecule has 1 aromatic rings. The van der Waals surface area contributed by atoms with Crippen molar-refractivity contribution in [3.8, 4) is 5.75 Å². The first-order chi connectivity index (χ1) is 10.2. The lowest BCUT2D eigenvalue weighted by Gasteiger charge is -2.17. The Morgan fingerprint density at radius 1 is 1.33 bits per heavy atom. The third-order valence-corrected chi connectivity index (χ3v) is 3.70. The third-order valence-electron chi connectivity index (χ3n) is 2.75. The van der Waals surface area contributed by atoms with Crippen LogP contribution in [0.15, 0.2) is 29.3 Å². The molecule has 0 fully saturated rings. The maximum Gasteiger partial charge on any atom is 0.191 e. The minimum atomic E-state index is 0.0379. The number of guanidine groups is 1. The van der Waals surface area contributed by atoms with Gasteiger partial charge in [0.1, 0.15) is 11.9 Å². The van der Waals surface area contributed by atoms with E-state index in [1.807, 2.05) is 43.0 Å². The van der Waals surface area contributed by atoms with Crippen molar-refractivity contribution in [1.29, 1.82) is 0 Å². The summed E-state index contributed by atoms with van der Waals surface area (Å²) in [6.07, 6.45) is 3.28. The Balaban J connectivity index is 2.27. The van der Waals surface area contributed by atoms with Crippen LogP contribution in [0.4, 0.5) is 0 Å². The maximum atomic E-state index is 5.85. The first-order valence-electron chi connectivity index (χ1n) is 7.01. The van der Waals surface area contributed by atoms with E-state index in [0.29, 0.717) is 11.6 Å². The van der Waals surface area contributed by atoms with E-state index < -0.39 is 0 Å². The second-order valence-electron chi connectivity index (χ2n) is 4.61. The molecule has 4 nitrogen and oxygen atoms in total. The molecule has 1 atom stereocenters. The Labute approximate surface area is 136 Å². The van der Waals surface area contributed by atoms with Crippen molar-refractivity contribution in [2.75, 3.05) is 32.1 Å². The lowest BCUT2D eigenvalue weighted by atomic mass is 10.3. The number of nitrogens with zero attached hydrogens (tertiary/aromatic N) is 1. The van der Waals surface area contributed by atoms with E-state index in [2.05, 4.69) is 21.9 Å². The standard InChI is InChI=1S/C15H24ClN3OS/c1-12(20-14-7-5-13(16)6-8-14)11-19-15(17-2)18-9-4-10-21-3/h5-8,12H,4,9-11H2,1-3H3,(H2,17,18,19). The summed E-state index contributed by atoms with van der Waals surface area (Å²) in [5.74, 6) is 2.78.